The molecule has 0 aromatic carbocycles. The van der Waals surface area contributed by atoms with E-state index in [0.29, 0.717) is 4.74 Å². The van der Waals surface area contributed by atoms with Crippen molar-refractivity contribution in [3.63, 3.8) is 0 Å². The van der Waals surface area contributed by atoms with Crippen molar-refractivity contribution in [1.82, 2.24) is 0 Å². The summed E-state index contributed by atoms with van der Waals surface area (Å²) in [4.78, 5) is 28.5. The highest BCUT2D eigenvalue weighted by atomic mass is 17.1. The molecular formula is C5H6NO5+. The van der Waals surface area contributed by atoms with Crippen LogP contribution in [0.15, 0.2) is 0 Å². The van der Waals surface area contributed by atoms with Crippen molar-refractivity contribution in [3.05, 3.63) is 0 Å². The van der Waals surface area contributed by atoms with E-state index in [9.17, 15) is 9.59 Å². The van der Waals surface area contributed by atoms with Gasteiger partial charge in [-0.2, -0.15) is 10.1 Å². The van der Waals surface area contributed by atoms with Gasteiger partial charge >= 0.3 is 18.3 Å². The van der Waals surface area contributed by atoms with Gasteiger partial charge in [0.25, 0.3) is 0 Å². The van der Waals surface area contributed by atoms with Crippen LogP contribution in [0.3, 0.4) is 0 Å². The second kappa shape index (κ2) is 3.11. The molecule has 1 aliphatic heterocycles. The van der Waals surface area contributed by atoms with Crippen molar-refractivity contribution in [3.8, 4) is 0 Å². The minimum Gasteiger partial charge on any atom is -0.273 e. The maximum atomic E-state index is 10.8. The molecule has 0 aromatic heterocycles. The average Bonchev–Trinajstić information content (AvgIpc) is 2.34. The van der Waals surface area contributed by atoms with Crippen molar-refractivity contribution in [2.45, 2.75) is 12.8 Å². The molecule has 0 aromatic rings. The van der Waals surface area contributed by atoms with Crippen LogP contribution in [0.5, 0.6) is 0 Å². The molecule has 1 N–H and O–H groups in total. The standard InChI is InChI=1S/C5H5NO5/c7-3-10-6-4(8)1-2-5(6)11-9/h3H,1-2H2/p+1. The van der Waals surface area contributed by atoms with Gasteiger partial charge in [-0.05, 0) is 0 Å². The van der Waals surface area contributed by atoms with E-state index in [-0.39, 0.29) is 25.2 Å². The summed E-state index contributed by atoms with van der Waals surface area (Å²) < 4.78 is 0.618. The molecule has 1 heterocycles. The normalized spacial score (nSPS) is 17.0. The van der Waals surface area contributed by atoms with Gasteiger partial charge < -0.3 is 0 Å². The molecule has 1 aliphatic rings. The Balaban J connectivity index is 2.80. The van der Waals surface area contributed by atoms with E-state index in [4.69, 9.17) is 5.26 Å². The van der Waals surface area contributed by atoms with Gasteiger partial charge in [-0.3, -0.25) is 4.89 Å². The van der Waals surface area contributed by atoms with Gasteiger partial charge in [0.2, 0.25) is 0 Å². The fourth-order valence-electron chi connectivity index (χ4n) is 0.799. The van der Waals surface area contributed by atoms with E-state index < -0.39 is 5.91 Å². The van der Waals surface area contributed by atoms with Gasteiger partial charge in [0, 0.05) is 0 Å². The second-order valence-electron chi connectivity index (χ2n) is 1.87. The van der Waals surface area contributed by atoms with E-state index in [1.165, 1.54) is 0 Å². The van der Waals surface area contributed by atoms with E-state index in [2.05, 4.69) is 9.73 Å². The van der Waals surface area contributed by atoms with Gasteiger partial charge in [0.1, 0.15) is 4.74 Å². The molecule has 0 atom stereocenters. The van der Waals surface area contributed by atoms with Gasteiger partial charge in [-0.25, -0.2) is 9.59 Å². The Labute approximate surface area is 61.5 Å². The molecule has 0 bridgehead atoms. The van der Waals surface area contributed by atoms with Crippen molar-refractivity contribution >= 4 is 18.3 Å². The molecule has 0 spiro atoms. The van der Waals surface area contributed by atoms with Crippen LogP contribution < -0.4 is 0 Å². The van der Waals surface area contributed by atoms with Crippen LogP contribution in [-0.4, -0.2) is 28.3 Å². The molecule has 1 amide bonds. The fourth-order valence-corrected chi connectivity index (χ4v) is 0.799. The molecule has 6 heteroatoms. The Morgan fingerprint density at radius 3 is 2.82 bits per heavy atom. The number of carbonyl (C=O) groups is 2. The Morgan fingerprint density at radius 2 is 2.27 bits per heavy atom. The quantitative estimate of drug-likeness (QED) is 0.190. The van der Waals surface area contributed by atoms with Gasteiger partial charge in [-0.15, -0.1) is 0 Å². The maximum Gasteiger partial charge on any atom is 0.439 e. The zero-order valence-electron chi connectivity index (χ0n) is 5.52. The molecule has 0 saturated heterocycles. The first-order valence-corrected chi connectivity index (χ1v) is 2.90. The summed E-state index contributed by atoms with van der Waals surface area (Å²) >= 11 is 0. The predicted molar refractivity (Wildman–Crippen MR) is 30.4 cm³/mol. The fraction of sp³-hybridized carbons (Fsp3) is 0.400. The Bertz CT molecular complexity index is 221. The summed E-state index contributed by atoms with van der Waals surface area (Å²) in [7, 11) is 0. The molecule has 6 nitrogen and oxygen atoms in total. The molecule has 0 radical (unpaired) electrons. The van der Waals surface area contributed by atoms with E-state index in [1.807, 2.05) is 0 Å². The van der Waals surface area contributed by atoms with Crippen LogP contribution in [0.2, 0.25) is 0 Å². The monoisotopic (exact) mass is 160 g/mol. The first-order valence-electron chi connectivity index (χ1n) is 2.90. The smallest absolute Gasteiger partial charge is 0.273 e. The second-order valence-corrected chi connectivity index (χ2v) is 1.87. The lowest BCUT2D eigenvalue weighted by Crippen LogP contribution is -2.20. The molecule has 0 aliphatic carbocycles. The number of amides is 1. The Morgan fingerprint density at radius 1 is 1.55 bits per heavy atom. The van der Waals surface area contributed by atoms with E-state index in [0.717, 1.165) is 0 Å². The molecule has 0 saturated carbocycles. The summed E-state index contributed by atoms with van der Waals surface area (Å²) in [5.41, 5.74) is 0. The third-order valence-corrected chi connectivity index (χ3v) is 1.26. The largest absolute Gasteiger partial charge is 0.439 e. The molecule has 11 heavy (non-hydrogen) atoms. The lowest BCUT2D eigenvalue weighted by molar-refractivity contribution is -0.693. The number of rotatable bonds is 2. The Hall–Kier alpha value is -1.43. The van der Waals surface area contributed by atoms with E-state index >= 15 is 0 Å². The summed E-state index contributed by atoms with van der Waals surface area (Å²) in [5.74, 6) is -0.483. The van der Waals surface area contributed by atoms with Crippen molar-refractivity contribution < 1.29 is 29.3 Å². The zero-order valence-corrected chi connectivity index (χ0v) is 5.52. The van der Waals surface area contributed by atoms with Gasteiger partial charge in [0.15, 0.2) is 0 Å². The lowest BCUT2D eigenvalue weighted by atomic mass is 10.4. The summed E-state index contributed by atoms with van der Waals surface area (Å²) in [6.45, 7) is 0.0856. The zero-order chi connectivity index (χ0) is 8.27. The first-order chi connectivity index (χ1) is 5.29. The third-order valence-electron chi connectivity index (χ3n) is 1.26. The third kappa shape index (κ3) is 1.35. The highest BCUT2D eigenvalue weighted by Crippen LogP contribution is 2.06. The lowest BCUT2D eigenvalue weighted by Gasteiger charge is -1.88. The molecule has 1 rings (SSSR count). The Kier molecular flexibility index (Phi) is 2.17. The topological polar surface area (TPSA) is 75.8 Å². The van der Waals surface area contributed by atoms with Crippen LogP contribution in [0.25, 0.3) is 0 Å². The number of nitrogens with zero attached hydrogens (tertiary/aromatic N) is 1. The predicted octanol–water partition coefficient (Wildman–Crippen LogP) is -0.705. The molecule has 60 valence electrons. The SMILES string of the molecule is O=CO[N+]1=C(OO)CCC1=O. The number of hydrogen-bond acceptors (Lipinski definition) is 5. The van der Waals surface area contributed by atoms with Gasteiger partial charge in [0.05, 0.1) is 12.8 Å². The number of hydrogen-bond donors (Lipinski definition) is 1. The van der Waals surface area contributed by atoms with E-state index in [1.54, 1.807) is 0 Å². The minimum atomic E-state index is -0.416. The van der Waals surface area contributed by atoms with Crippen molar-refractivity contribution in [2.75, 3.05) is 0 Å². The molecular weight excluding hydrogens is 154 g/mol. The average molecular weight is 160 g/mol. The molecule has 0 fully saturated rings. The van der Waals surface area contributed by atoms with Crippen LogP contribution in [0.4, 0.5) is 0 Å². The van der Waals surface area contributed by atoms with Crippen LogP contribution >= 0.6 is 0 Å². The summed E-state index contributed by atoms with van der Waals surface area (Å²) in [6.07, 6.45) is 0.410. The van der Waals surface area contributed by atoms with Gasteiger partial charge in [-0.1, -0.05) is 0 Å². The van der Waals surface area contributed by atoms with Crippen molar-refractivity contribution in [2.24, 2.45) is 0 Å². The summed E-state index contributed by atoms with van der Waals surface area (Å²) in [6, 6.07) is 0. The van der Waals surface area contributed by atoms with Crippen LogP contribution in [0.1, 0.15) is 12.8 Å². The highest BCUT2D eigenvalue weighted by molar-refractivity contribution is 5.86. The molecule has 0 unspecified atom stereocenters. The number of carbonyl (C=O) groups excluding carboxylic acids is 2. The van der Waals surface area contributed by atoms with Crippen molar-refractivity contribution in [1.29, 1.82) is 0 Å². The number of hydroxylamine groups is 1. The minimum absolute atomic E-state index is 0.0675. The maximum absolute atomic E-state index is 10.8. The van der Waals surface area contributed by atoms with Crippen LogP contribution in [0, 0.1) is 0 Å². The summed E-state index contributed by atoms with van der Waals surface area (Å²) in [5, 5.41) is 8.15. The van der Waals surface area contributed by atoms with Crippen LogP contribution in [-0.2, 0) is 19.3 Å². The first kappa shape index (κ1) is 7.67. The highest BCUT2D eigenvalue weighted by Gasteiger charge is 2.37.